The summed E-state index contributed by atoms with van der Waals surface area (Å²) < 4.78 is 5.37. The van der Waals surface area contributed by atoms with Gasteiger partial charge in [-0.05, 0) is 37.3 Å². The quantitative estimate of drug-likeness (QED) is 0.833. The number of methoxy groups -OCH3 is 1. The maximum Gasteiger partial charge on any atom is 0.223 e. The first kappa shape index (κ1) is 14.9. The number of rotatable bonds is 4. The van der Waals surface area contributed by atoms with Gasteiger partial charge < -0.3 is 9.64 Å². The Morgan fingerprint density at radius 1 is 1.30 bits per heavy atom. The fraction of sp³-hybridized carbons (Fsp3) is 0.588. The minimum Gasteiger partial charge on any atom is -0.496 e. The fourth-order valence-electron chi connectivity index (χ4n) is 3.02. The highest BCUT2D eigenvalue weighted by Crippen LogP contribution is 2.29. The third kappa shape index (κ3) is 3.53. The van der Waals surface area contributed by atoms with Gasteiger partial charge in [0.15, 0.2) is 0 Å². The molecular weight excluding hydrogens is 250 g/mol. The first-order chi connectivity index (χ1) is 9.61. The Kier molecular flexibility index (Phi) is 5.05. The summed E-state index contributed by atoms with van der Waals surface area (Å²) in [7, 11) is 1.67. The smallest absolute Gasteiger partial charge is 0.223 e. The topological polar surface area (TPSA) is 29.5 Å². The van der Waals surface area contributed by atoms with Crippen LogP contribution >= 0.6 is 0 Å². The normalized spacial score (nSPS) is 15.9. The second-order valence-corrected chi connectivity index (χ2v) is 5.79. The van der Waals surface area contributed by atoms with E-state index in [4.69, 9.17) is 4.74 Å². The third-order valence-electron chi connectivity index (χ3n) is 4.25. The number of nitrogens with zero attached hydrogens (tertiary/aromatic N) is 1. The molecule has 20 heavy (non-hydrogen) atoms. The summed E-state index contributed by atoms with van der Waals surface area (Å²) in [6, 6.07) is 6.01. The van der Waals surface area contributed by atoms with Crippen LogP contribution in [0.2, 0.25) is 0 Å². The molecule has 0 N–H and O–H groups in total. The highest BCUT2D eigenvalue weighted by molar-refractivity contribution is 5.91. The van der Waals surface area contributed by atoms with Gasteiger partial charge >= 0.3 is 0 Å². The Morgan fingerprint density at radius 3 is 2.60 bits per heavy atom. The first-order valence-electron chi connectivity index (χ1n) is 7.54. The van der Waals surface area contributed by atoms with Crippen molar-refractivity contribution in [3.05, 3.63) is 23.8 Å². The molecule has 1 aromatic rings. The van der Waals surface area contributed by atoms with Crippen molar-refractivity contribution in [1.29, 1.82) is 0 Å². The van der Waals surface area contributed by atoms with Gasteiger partial charge in [0.25, 0.3) is 0 Å². The monoisotopic (exact) mass is 275 g/mol. The Morgan fingerprint density at radius 2 is 2.00 bits per heavy atom. The molecule has 0 atom stereocenters. The number of aryl methyl sites for hydroxylation is 1. The molecule has 1 amide bonds. The summed E-state index contributed by atoms with van der Waals surface area (Å²) in [5, 5.41) is 0. The van der Waals surface area contributed by atoms with Crippen molar-refractivity contribution >= 4 is 11.6 Å². The van der Waals surface area contributed by atoms with E-state index in [-0.39, 0.29) is 5.91 Å². The molecule has 1 saturated carbocycles. The van der Waals surface area contributed by atoms with E-state index < -0.39 is 0 Å². The third-order valence-corrected chi connectivity index (χ3v) is 4.25. The van der Waals surface area contributed by atoms with Crippen molar-refractivity contribution in [3.63, 3.8) is 0 Å². The van der Waals surface area contributed by atoms with E-state index >= 15 is 0 Å². The van der Waals surface area contributed by atoms with Gasteiger partial charge in [0, 0.05) is 25.2 Å². The first-order valence-corrected chi connectivity index (χ1v) is 7.54. The Labute approximate surface area is 121 Å². The van der Waals surface area contributed by atoms with Crippen LogP contribution in [0.25, 0.3) is 0 Å². The molecule has 0 aromatic heterocycles. The van der Waals surface area contributed by atoms with E-state index in [0.717, 1.165) is 23.5 Å². The highest BCUT2D eigenvalue weighted by atomic mass is 16.5. The Bertz CT molecular complexity index is 464. The van der Waals surface area contributed by atoms with Gasteiger partial charge in [-0.1, -0.05) is 25.3 Å². The molecule has 0 unspecified atom stereocenters. The average molecular weight is 275 g/mol. The largest absolute Gasteiger partial charge is 0.496 e. The number of hydrogen-bond acceptors (Lipinski definition) is 2. The predicted octanol–water partition coefficient (Wildman–Crippen LogP) is 3.94. The number of carbonyl (C=O) groups excluding carboxylic acids is 1. The maximum absolute atomic E-state index is 12.0. The number of benzene rings is 1. The van der Waals surface area contributed by atoms with Crippen molar-refractivity contribution in [3.8, 4) is 5.75 Å². The average Bonchev–Trinajstić information content (AvgIpc) is 2.46. The molecular formula is C17H25NO2. The van der Waals surface area contributed by atoms with Gasteiger partial charge in [0.2, 0.25) is 5.91 Å². The van der Waals surface area contributed by atoms with Gasteiger partial charge in [-0.2, -0.15) is 0 Å². The summed E-state index contributed by atoms with van der Waals surface area (Å²) in [5.41, 5.74) is 2.04. The van der Waals surface area contributed by atoms with Gasteiger partial charge in [0.05, 0.1) is 7.11 Å². The Balaban J connectivity index is 2.17. The van der Waals surface area contributed by atoms with Crippen molar-refractivity contribution in [2.45, 2.75) is 46.0 Å². The molecule has 1 aliphatic rings. The fourth-order valence-corrected chi connectivity index (χ4v) is 3.02. The summed E-state index contributed by atoms with van der Waals surface area (Å²) in [5.74, 6) is 1.60. The van der Waals surface area contributed by atoms with E-state index in [9.17, 15) is 4.79 Å². The van der Waals surface area contributed by atoms with Crippen LogP contribution in [0.1, 0.15) is 44.6 Å². The lowest BCUT2D eigenvalue weighted by molar-refractivity contribution is -0.116. The molecule has 1 fully saturated rings. The summed E-state index contributed by atoms with van der Waals surface area (Å²) >= 11 is 0. The predicted molar refractivity (Wildman–Crippen MR) is 82.3 cm³/mol. The van der Waals surface area contributed by atoms with E-state index in [1.165, 1.54) is 32.1 Å². The minimum atomic E-state index is 0.112. The highest BCUT2D eigenvalue weighted by Gasteiger charge is 2.20. The van der Waals surface area contributed by atoms with Crippen LogP contribution in [0, 0.1) is 12.8 Å². The molecule has 2 rings (SSSR count). The number of anilines is 1. The Hall–Kier alpha value is -1.51. The van der Waals surface area contributed by atoms with Gasteiger partial charge in [-0.25, -0.2) is 0 Å². The number of carbonyl (C=O) groups is 1. The van der Waals surface area contributed by atoms with Crippen LogP contribution < -0.4 is 9.64 Å². The lowest BCUT2D eigenvalue weighted by Gasteiger charge is -2.29. The zero-order valence-corrected chi connectivity index (χ0v) is 12.8. The molecule has 3 nitrogen and oxygen atoms in total. The minimum absolute atomic E-state index is 0.112. The molecule has 0 spiro atoms. The van der Waals surface area contributed by atoms with E-state index in [2.05, 4.69) is 0 Å². The zero-order valence-electron chi connectivity index (χ0n) is 12.8. The molecule has 0 radical (unpaired) electrons. The summed E-state index contributed by atoms with van der Waals surface area (Å²) in [4.78, 5) is 13.9. The lowest BCUT2D eigenvalue weighted by atomic mass is 9.89. The van der Waals surface area contributed by atoms with E-state index in [1.807, 2.05) is 30.0 Å². The molecule has 0 saturated heterocycles. The van der Waals surface area contributed by atoms with Crippen LogP contribution in [0.3, 0.4) is 0 Å². The van der Waals surface area contributed by atoms with Crippen LogP contribution in [0.4, 0.5) is 5.69 Å². The van der Waals surface area contributed by atoms with Crippen molar-refractivity contribution in [2.24, 2.45) is 5.92 Å². The molecule has 110 valence electrons. The van der Waals surface area contributed by atoms with Crippen molar-refractivity contribution < 1.29 is 9.53 Å². The number of ether oxygens (including phenoxy) is 1. The summed E-state index contributed by atoms with van der Waals surface area (Å²) in [6.07, 6.45) is 6.43. The van der Waals surface area contributed by atoms with Gasteiger partial charge in [-0.3, -0.25) is 4.79 Å². The maximum atomic E-state index is 12.0. The van der Waals surface area contributed by atoms with Crippen LogP contribution in [0.5, 0.6) is 5.75 Å². The van der Waals surface area contributed by atoms with Crippen LogP contribution in [-0.4, -0.2) is 19.6 Å². The molecule has 0 aliphatic heterocycles. The van der Waals surface area contributed by atoms with Crippen molar-refractivity contribution in [1.82, 2.24) is 0 Å². The molecule has 0 bridgehead atoms. The molecule has 3 heteroatoms. The van der Waals surface area contributed by atoms with Gasteiger partial charge in [0.1, 0.15) is 5.75 Å². The second-order valence-electron chi connectivity index (χ2n) is 5.79. The van der Waals surface area contributed by atoms with Crippen LogP contribution in [-0.2, 0) is 4.79 Å². The van der Waals surface area contributed by atoms with Crippen LogP contribution in [0.15, 0.2) is 18.2 Å². The molecule has 1 aliphatic carbocycles. The SMILES string of the molecule is COc1cc(N(CC2CCCCC2)C(C)=O)ccc1C. The molecule has 1 aromatic carbocycles. The van der Waals surface area contributed by atoms with E-state index in [1.54, 1.807) is 14.0 Å². The van der Waals surface area contributed by atoms with E-state index in [0.29, 0.717) is 5.92 Å². The number of hydrogen-bond donors (Lipinski definition) is 0. The standard InChI is InChI=1S/C17H25NO2/c1-13-9-10-16(11-17(13)20-3)18(14(2)19)12-15-7-5-4-6-8-15/h9-11,15H,4-8,12H2,1-3H3. The zero-order chi connectivity index (χ0) is 14.5. The van der Waals surface area contributed by atoms with Gasteiger partial charge in [-0.15, -0.1) is 0 Å². The second kappa shape index (κ2) is 6.78. The van der Waals surface area contributed by atoms with Crippen molar-refractivity contribution in [2.75, 3.05) is 18.6 Å². The summed E-state index contributed by atoms with van der Waals surface area (Å²) in [6.45, 7) is 4.50. The molecule has 0 heterocycles. The lowest BCUT2D eigenvalue weighted by Crippen LogP contribution is -2.34. The number of amides is 1.